The number of hydrogen-bond donors (Lipinski definition) is 0. The van der Waals surface area contributed by atoms with Gasteiger partial charge in [-0.2, -0.15) is 0 Å². The summed E-state index contributed by atoms with van der Waals surface area (Å²) in [4.78, 5) is 3.98. The van der Waals surface area contributed by atoms with Crippen LogP contribution in [-0.4, -0.2) is 16.5 Å². The van der Waals surface area contributed by atoms with Crippen molar-refractivity contribution in [1.82, 2.24) is 9.38 Å². The van der Waals surface area contributed by atoms with Crippen LogP contribution in [0, 0.1) is 0 Å². The van der Waals surface area contributed by atoms with Gasteiger partial charge < -0.3 is 9.14 Å². The first-order valence-corrected chi connectivity index (χ1v) is 3.84. The molecule has 62 valence electrons. The molecule has 0 N–H and O–H groups in total. The molecule has 0 saturated heterocycles. The third-order valence-corrected chi connectivity index (χ3v) is 1.88. The zero-order valence-corrected chi connectivity index (χ0v) is 7.25. The van der Waals surface area contributed by atoms with Gasteiger partial charge in [0, 0.05) is 12.3 Å². The molecule has 0 aliphatic rings. The molecule has 12 heavy (non-hydrogen) atoms. The highest BCUT2D eigenvalue weighted by Gasteiger charge is 2.02. The van der Waals surface area contributed by atoms with Gasteiger partial charge in [-0.1, -0.05) is 11.6 Å². The SMILES string of the molecule is COc1cc(Cl)cn2cncc12. The largest absolute Gasteiger partial charge is 0.494 e. The maximum absolute atomic E-state index is 5.83. The number of halogens is 1. The average molecular weight is 183 g/mol. The Morgan fingerprint density at radius 2 is 2.42 bits per heavy atom. The van der Waals surface area contributed by atoms with E-state index in [0.717, 1.165) is 11.3 Å². The van der Waals surface area contributed by atoms with Crippen molar-refractivity contribution >= 4 is 17.1 Å². The van der Waals surface area contributed by atoms with Gasteiger partial charge in [0.2, 0.25) is 0 Å². The lowest BCUT2D eigenvalue weighted by Crippen LogP contribution is -1.88. The highest BCUT2D eigenvalue weighted by molar-refractivity contribution is 6.30. The molecule has 2 rings (SSSR count). The predicted octanol–water partition coefficient (Wildman–Crippen LogP) is 2.00. The van der Waals surface area contributed by atoms with Crippen molar-refractivity contribution in [3.05, 3.63) is 29.8 Å². The second-order valence-corrected chi connectivity index (χ2v) is 2.85. The highest BCUT2D eigenvalue weighted by Crippen LogP contribution is 2.23. The summed E-state index contributed by atoms with van der Waals surface area (Å²) in [5.41, 5.74) is 0.918. The second kappa shape index (κ2) is 2.68. The minimum absolute atomic E-state index is 0.636. The Morgan fingerprint density at radius 3 is 3.17 bits per heavy atom. The van der Waals surface area contributed by atoms with E-state index in [0.29, 0.717) is 5.02 Å². The Labute approximate surface area is 74.6 Å². The number of imidazole rings is 1. The zero-order chi connectivity index (χ0) is 8.55. The van der Waals surface area contributed by atoms with E-state index < -0.39 is 0 Å². The molecule has 0 unspecified atom stereocenters. The quantitative estimate of drug-likeness (QED) is 0.675. The van der Waals surface area contributed by atoms with Gasteiger partial charge in [-0.3, -0.25) is 0 Å². The predicted molar refractivity (Wildman–Crippen MR) is 46.8 cm³/mol. The molecule has 0 fully saturated rings. The Bertz CT molecular complexity index is 410. The number of hydrogen-bond acceptors (Lipinski definition) is 2. The van der Waals surface area contributed by atoms with Crippen molar-refractivity contribution in [3.8, 4) is 5.75 Å². The summed E-state index contributed by atoms with van der Waals surface area (Å²) in [6.07, 6.45) is 5.20. The summed E-state index contributed by atoms with van der Waals surface area (Å²) in [5, 5.41) is 0.636. The van der Waals surface area contributed by atoms with Gasteiger partial charge >= 0.3 is 0 Å². The molecule has 4 heteroatoms. The van der Waals surface area contributed by atoms with Crippen LogP contribution in [-0.2, 0) is 0 Å². The molecule has 0 amide bonds. The van der Waals surface area contributed by atoms with Crippen LogP contribution in [0.3, 0.4) is 0 Å². The first-order valence-electron chi connectivity index (χ1n) is 3.46. The van der Waals surface area contributed by atoms with Crippen LogP contribution in [0.1, 0.15) is 0 Å². The minimum Gasteiger partial charge on any atom is -0.494 e. The fourth-order valence-corrected chi connectivity index (χ4v) is 1.34. The molecular weight excluding hydrogens is 176 g/mol. The molecule has 0 aromatic carbocycles. The molecule has 2 heterocycles. The van der Waals surface area contributed by atoms with Crippen LogP contribution in [0.4, 0.5) is 0 Å². The van der Waals surface area contributed by atoms with Crippen molar-refractivity contribution in [2.45, 2.75) is 0 Å². The Hall–Kier alpha value is -1.22. The van der Waals surface area contributed by atoms with E-state index in [1.165, 1.54) is 0 Å². The molecule has 0 atom stereocenters. The molecule has 0 radical (unpaired) electrons. The summed E-state index contributed by atoms with van der Waals surface area (Å²) in [6.45, 7) is 0. The van der Waals surface area contributed by atoms with E-state index in [2.05, 4.69) is 4.98 Å². The molecule has 0 bridgehead atoms. The fourth-order valence-electron chi connectivity index (χ4n) is 1.13. The van der Waals surface area contributed by atoms with Crippen molar-refractivity contribution in [2.75, 3.05) is 7.11 Å². The van der Waals surface area contributed by atoms with Gasteiger partial charge in [0.25, 0.3) is 0 Å². The smallest absolute Gasteiger partial charge is 0.146 e. The van der Waals surface area contributed by atoms with Crippen molar-refractivity contribution in [2.24, 2.45) is 0 Å². The van der Waals surface area contributed by atoms with Gasteiger partial charge in [0.15, 0.2) is 0 Å². The second-order valence-electron chi connectivity index (χ2n) is 2.41. The highest BCUT2D eigenvalue weighted by atomic mass is 35.5. The summed E-state index contributed by atoms with van der Waals surface area (Å²) < 4.78 is 6.94. The fraction of sp³-hybridized carbons (Fsp3) is 0.125. The topological polar surface area (TPSA) is 26.5 Å². The van der Waals surface area contributed by atoms with Crippen LogP contribution in [0.2, 0.25) is 5.02 Å². The number of fused-ring (bicyclic) bond motifs is 1. The number of ether oxygens (including phenoxy) is 1. The van der Waals surface area contributed by atoms with Gasteiger partial charge in [-0.15, -0.1) is 0 Å². The van der Waals surface area contributed by atoms with Gasteiger partial charge in [0.1, 0.15) is 11.3 Å². The maximum Gasteiger partial charge on any atom is 0.146 e. The van der Waals surface area contributed by atoms with Crippen molar-refractivity contribution < 1.29 is 4.74 Å². The molecule has 0 saturated carbocycles. The molecule has 0 aliphatic carbocycles. The Kier molecular flexibility index (Phi) is 1.66. The van der Waals surface area contributed by atoms with E-state index >= 15 is 0 Å². The number of aromatic nitrogens is 2. The van der Waals surface area contributed by atoms with Crippen molar-refractivity contribution in [1.29, 1.82) is 0 Å². The minimum atomic E-state index is 0.636. The third kappa shape index (κ3) is 1.02. The van der Waals surface area contributed by atoms with E-state index in [4.69, 9.17) is 16.3 Å². The number of methoxy groups -OCH3 is 1. The van der Waals surface area contributed by atoms with Crippen LogP contribution in [0.25, 0.3) is 5.52 Å². The van der Waals surface area contributed by atoms with Crippen LogP contribution in [0.15, 0.2) is 24.8 Å². The van der Waals surface area contributed by atoms with Crippen LogP contribution < -0.4 is 4.74 Å². The molecule has 2 aromatic rings. The van der Waals surface area contributed by atoms with E-state index in [1.807, 2.05) is 4.40 Å². The van der Waals surface area contributed by atoms with Crippen LogP contribution in [0.5, 0.6) is 5.75 Å². The maximum atomic E-state index is 5.83. The van der Waals surface area contributed by atoms with E-state index in [-0.39, 0.29) is 0 Å². The Morgan fingerprint density at radius 1 is 1.58 bits per heavy atom. The molecule has 2 aromatic heterocycles. The molecule has 0 aliphatic heterocycles. The molecular formula is C8H7ClN2O. The number of pyridine rings is 1. The van der Waals surface area contributed by atoms with Crippen molar-refractivity contribution in [3.63, 3.8) is 0 Å². The summed E-state index contributed by atoms with van der Waals surface area (Å²) in [5.74, 6) is 0.736. The third-order valence-electron chi connectivity index (χ3n) is 1.67. The van der Waals surface area contributed by atoms with E-state index in [9.17, 15) is 0 Å². The van der Waals surface area contributed by atoms with E-state index in [1.54, 1.807) is 31.9 Å². The normalized spacial score (nSPS) is 10.5. The first kappa shape index (κ1) is 7.43. The standard InChI is InChI=1S/C8H7ClN2O/c1-12-8-2-6(9)4-11-5-10-3-7(8)11/h2-5H,1H3. The van der Waals surface area contributed by atoms with Gasteiger partial charge in [-0.25, -0.2) is 4.98 Å². The number of rotatable bonds is 1. The average Bonchev–Trinajstić information content (AvgIpc) is 2.50. The lowest BCUT2D eigenvalue weighted by molar-refractivity contribution is 0.418. The number of nitrogens with zero attached hydrogens (tertiary/aromatic N) is 2. The Balaban J connectivity index is 2.80. The summed E-state index contributed by atoms with van der Waals surface area (Å²) >= 11 is 5.83. The lowest BCUT2D eigenvalue weighted by Gasteiger charge is -2.02. The van der Waals surface area contributed by atoms with Gasteiger partial charge in [0.05, 0.1) is 24.7 Å². The summed E-state index contributed by atoms with van der Waals surface area (Å²) in [6, 6.07) is 1.76. The zero-order valence-electron chi connectivity index (χ0n) is 6.49. The van der Waals surface area contributed by atoms with Gasteiger partial charge in [-0.05, 0) is 0 Å². The molecule has 0 spiro atoms. The first-order chi connectivity index (χ1) is 5.81. The summed E-state index contributed by atoms with van der Waals surface area (Å²) in [7, 11) is 1.61. The lowest BCUT2D eigenvalue weighted by atomic mass is 10.4. The van der Waals surface area contributed by atoms with Crippen LogP contribution >= 0.6 is 11.6 Å². The molecule has 3 nitrogen and oxygen atoms in total. The monoisotopic (exact) mass is 182 g/mol.